The summed E-state index contributed by atoms with van der Waals surface area (Å²) in [5.41, 5.74) is 2.16. The molecule has 0 spiro atoms. The Balaban J connectivity index is 1.81. The van der Waals surface area contributed by atoms with Gasteiger partial charge in [0.05, 0.1) is 6.54 Å². The number of amides is 1. The molecule has 18 heavy (non-hydrogen) atoms. The van der Waals surface area contributed by atoms with E-state index in [-0.39, 0.29) is 5.91 Å². The Labute approximate surface area is 116 Å². The van der Waals surface area contributed by atoms with Gasteiger partial charge in [0.25, 0.3) is 0 Å². The SMILES string of the molecule is Cc1ccc(NCC(=O)NC2CCCC2)c(Br)c1. The van der Waals surface area contributed by atoms with Crippen molar-refractivity contribution in [1.82, 2.24) is 5.32 Å². The van der Waals surface area contributed by atoms with E-state index in [9.17, 15) is 4.79 Å². The Morgan fingerprint density at radius 3 is 2.78 bits per heavy atom. The minimum Gasteiger partial charge on any atom is -0.375 e. The highest BCUT2D eigenvalue weighted by Gasteiger charge is 2.16. The molecular weight excluding hydrogens is 292 g/mol. The minimum absolute atomic E-state index is 0.0781. The molecule has 1 aromatic carbocycles. The van der Waals surface area contributed by atoms with E-state index in [2.05, 4.69) is 26.6 Å². The first-order chi connectivity index (χ1) is 8.65. The molecule has 1 saturated carbocycles. The number of carbonyl (C=O) groups is 1. The summed E-state index contributed by atoms with van der Waals surface area (Å²) in [6.07, 6.45) is 4.73. The van der Waals surface area contributed by atoms with Gasteiger partial charge in [0.15, 0.2) is 0 Å². The molecule has 2 rings (SSSR count). The van der Waals surface area contributed by atoms with Gasteiger partial charge in [0.2, 0.25) is 5.91 Å². The average molecular weight is 311 g/mol. The number of rotatable bonds is 4. The van der Waals surface area contributed by atoms with Crippen molar-refractivity contribution in [3.63, 3.8) is 0 Å². The van der Waals surface area contributed by atoms with Gasteiger partial charge in [0, 0.05) is 16.2 Å². The van der Waals surface area contributed by atoms with Crippen LogP contribution in [0.25, 0.3) is 0 Å². The van der Waals surface area contributed by atoms with E-state index in [1.807, 2.05) is 25.1 Å². The summed E-state index contributed by atoms with van der Waals surface area (Å²) in [6, 6.07) is 6.45. The fourth-order valence-corrected chi connectivity index (χ4v) is 2.92. The zero-order valence-corrected chi connectivity index (χ0v) is 12.2. The number of halogens is 1. The zero-order valence-electron chi connectivity index (χ0n) is 10.6. The molecule has 0 radical (unpaired) electrons. The molecule has 0 unspecified atom stereocenters. The number of carbonyl (C=O) groups excluding carboxylic acids is 1. The maximum absolute atomic E-state index is 11.8. The normalized spacial score (nSPS) is 15.7. The van der Waals surface area contributed by atoms with E-state index < -0.39 is 0 Å². The predicted octanol–water partition coefficient (Wildman–Crippen LogP) is 3.23. The lowest BCUT2D eigenvalue weighted by atomic mass is 10.2. The fourth-order valence-electron chi connectivity index (χ4n) is 2.29. The first kappa shape index (κ1) is 13.4. The van der Waals surface area contributed by atoms with Gasteiger partial charge < -0.3 is 10.6 Å². The van der Waals surface area contributed by atoms with E-state index >= 15 is 0 Å². The molecule has 1 aromatic rings. The summed E-state index contributed by atoms with van der Waals surface area (Å²) in [5.74, 6) is 0.0781. The summed E-state index contributed by atoms with van der Waals surface area (Å²) in [7, 11) is 0. The number of anilines is 1. The van der Waals surface area contributed by atoms with Gasteiger partial charge in [-0.2, -0.15) is 0 Å². The van der Waals surface area contributed by atoms with Crippen molar-refractivity contribution in [1.29, 1.82) is 0 Å². The molecule has 3 nitrogen and oxygen atoms in total. The summed E-state index contributed by atoms with van der Waals surface area (Å²) < 4.78 is 0.996. The summed E-state index contributed by atoms with van der Waals surface area (Å²) >= 11 is 3.49. The number of nitrogens with one attached hydrogen (secondary N) is 2. The smallest absolute Gasteiger partial charge is 0.239 e. The Bertz CT molecular complexity index is 428. The molecule has 0 saturated heterocycles. The highest BCUT2D eigenvalue weighted by Crippen LogP contribution is 2.23. The Morgan fingerprint density at radius 1 is 1.39 bits per heavy atom. The van der Waals surface area contributed by atoms with Crippen molar-refractivity contribution in [2.75, 3.05) is 11.9 Å². The first-order valence-electron chi connectivity index (χ1n) is 6.44. The van der Waals surface area contributed by atoms with Gasteiger partial charge in [-0.3, -0.25) is 4.79 Å². The number of benzene rings is 1. The first-order valence-corrected chi connectivity index (χ1v) is 7.24. The standard InChI is InChI=1S/C14H19BrN2O/c1-10-6-7-13(12(15)8-10)16-9-14(18)17-11-4-2-3-5-11/h6-8,11,16H,2-5,9H2,1H3,(H,17,18). The molecule has 0 bridgehead atoms. The van der Waals surface area contributed by atoms with Gasteiger partial charge in [-0.1, -0.05) is 18.9 Å². The topological polar surface area (TPSA) is 41.1 Å². The van der Waals surface area contributed by atoms with Crippen molar-refractivity contribution < 1.29 is 4.79 Å². The van der Waals surface area contributed by atoms with Crippen LogP contribution in [0.3, 0.4) is 0 Å². The van der Waals surface area contributed by atoms with Crippen LogP contribution in [-0.4, -0.2) is 18.5 Å². The van der Waals surface area contributed by atoms with Crippen LogP contribution in [0.2, 0.25) is 0 Å². The third kappa shape index (κ3) is 3.73. The highest BCUT2D eigenvalue weighted by atomic mass is 79.9. The maximum Gasteiger partial charge on any atom is 0.239 e. The van der Waals surface area contributed by atoms with E-state index in [0.717, 1.165) is 23.0 Å². The van der Waals surface area contributed by atoms with E-state index in [1.165, 1.54) is 18.4 Å². The number of hydrogen-bond acceptors (Lipinski definition) is 2. The molecule has 1 amide bonds. The van der Waals surface area contributed by atoms with Crippen molar-refractivity contribution in [3.05, 3.63) is 28.2 Å². The Kier molecular flexibility index (Phi) is 4.64. The predicted molar refractivity (Wildman–Crippen MR) is 77.8 cm³/mol. The molecule has 0 aliphatic heterocycles. The van der Waals surface area contributed by atoms with Gasteiger partial charge in [-0.25, -0.2) is 0 Å². The summed E-state index contributed by atoms with van der Waals surface area (Å²) in [5, 5.41) is 6.22. The van der Waals surface area contributed by atoms with Crippen LogP contribution in [0.4, 0.5) is 5.69 Å². The molecule has 0 atom stereocenters. The van der Waals surface area contributed by atoms with E-state index in [0.29, 0.717) is 12.6 Å². The Morgan fingerprint density at radius 2 is 2.11 bits per heavy atom. The van der Waals surface area contributed by atoms with Crippen molar-refractivity contribution >= 4 is 27.5 Å². The Hall–Kier alpha value is -1.03. The molecule has 0 aromatic heterocycles. The maximum atomic E-state index is 11.8. The molecule has 1 fully saturated rings. The molecule has 98 valence electrons. The molecular formula is C14H19BrN2O. The van der Waals surface area contributed by atoms with Crippen LogP contribution in [0.15, 0.2) is 22.7 Å². The molecule has 4 heteroatoms. The van der Waals surface area contributed by atoms with Crippen LogP contribution in [0.1, 0.15) is 31.2 Å². The zero-order chi connectivity index (χ0) is 13.0. The van der Waals surface area contributed by atoms with Crippen LogP contribution in [0, 0.1) is 6.92 Å². The molecule has 1 aliphatic rings. The summed E-state index contributed by atoms with van der Waals surface area (Å²) in [6.45, 7) is 2.37. The van der Waals surface area contributed by atoms with Crippen LogP contribution in [0.5, 0.6) is 0 Å². The third-order valence-electron chi connectivity index (χ3n) is 3.28. The van der Waals surface area contributed by atoms with Crippen molar-refractivity contribution in [2.24, 2.45) is 0 Å². The molecule has 0 heterocycles. The quantitative estimate of drug-likeness (QED) is 0.896. The third-order valence-corrected chi connectivity index (χ3v) is 3.94. The largest absolute Gasteiger partial charge is 0.375 e. The second kappa shape index (κ2) is 6.23. The monoisotopic (exact) mass is 310 g/mol. The van der Waals surface area contributed by atoms with Gasteiger partial charge in [0.1, 0.15) is 0 Å². The fraction of sp³-hybridized carbons (Fsp3) is 0.500. The van der Waals surface area contributed by atoms with Gasteiger partial charge >= 0.3 is 0 Å². The van der Waals surface area contributed by atoms with Crippen molar-refractivity contribution in [2.45, 2.75) is 38.6 Å². The highest BCUT2D eigenvalue weighted by molar-refractivity contribution is 9.10. The lowest BCUT2D eigenvalue weighted by molar-refractivity contribution is -0.120. The van der Waals surface area contributed by atoms with E-state index in [1.54, 1.807) is 0 Å². The minimum atomic E-state index is 0.0781. The second-order valence-electron chi connectivity index (χ2n) is 4.89. The number of aryl methyl sites for hydroxylation is 1. The van der Waals surface area contributed by atoms with Crippen LogP contribution < -0.4 is 10.6 Å². The van der Waals surface area contributed by atoms with Gasteiger partial charge in [-0.15, -0.1) is 0 Å². The average Bonchev–Trinajstić information content (AvgIpc) is 2.80. The van der Waals surface area contributed by atoms with E-state index in [4.69, 9.17) is 0 Å². The van der Waals surface area contributed by atoms with Crippen LogP contribution >= 0.6 is 15.9 Å². The molecule has 2 N–H and O–H groups in total. The van der Waals surface area contributed by atoms with Gasteiger partial charge in [-0.05, 0) is 53.4 Å². The molecule has 1 aliphatic carbocycles. The van der Waals surface area contributed by atoms with Crippen LogP contribution in [-0.2, 0) is 4.79 Å². The van der Waals surface area contributed by atoms with Crippen molar-refractivity contribution in [3.8, 4) is 0 Å². The lowest BCUT2D eigenvalue weighted by Gasteiger charge is -2.13. The summed E-state index contributed by atoms with van der Waals surface area (Å²) in [4.78, 5) is 11.8. The lowest BCUT2D eigenvalue weighted by Crippen LogP contribution is -2.36. The number of hydrogen-bond donors (Lipinski definition) is 2. The second-order valence-corrected chi connectivity index (χ2v) is 5.74.